The second kappa shape index (κ2) is 4.48. The Bertz CT molecular complexity index is 217. The van der Waals surface area contributed by atoms with Crippen LogP contribution in [-0.4, -0.2) is 33.6 Å². The molecule has 0 aromatic carbocycles. The van der Waals surface area contributed by atoms with Gasteiger partial charge in [0.05, 0.1) is 0 Å². The lowest BCUT2D eigenvalue weighted by Crippen LogP contribution is -2.17. The van der Waals surface area contributed by atoms with Crippen molar-refractivity contribution in [3.8, 4) is 0 Å². The molecule has 0 aromatic heterocycles. The van der Waals surface area contributed by atoms with Gasteiger partial charge in [0.1, 0.15) is 0 Å². The smallest absolute Gasteiger partial charge is 0.198 e. The highest BCUT2D eigenvalue weighted by atomic mass is 33.1. The van der Waals surface area contributed by atoms with E-state index in [0.29, 0.717) is 5.92 Å². The van der Waals surface area contributed by atoms with Crippen molar-refractivity contribution in [3.63, 3.8) is 0 Å². The van der Waals surface area contributed by atoms with Gasteiger partial charge in [-0.05, 0) is 29.6 Å². The van der Waals surface area contributed by atoms with E-state index >= 15 is 0 Å². The van der Waals surface area contributed by atoms with E-state index in [1.54, 1.807) is 0 Å². The van der Waals surface area contributed by atoms with Crippen molar-refractivity contribution in [1.29, 1.82) is 0 Å². The second-order valence-corrected chi connectivity index (χ2v) is 7.55. The molecule has 0 radical (unpaired) electrons. The van der Waals surface area contributed by atoms with E-state index in [9.17, 15) is 8.42 Å². The molecule has 0 spiro atoms. The summed E-state index contributed by atoms with van der Waals surface area (Å²) in [6.45, 7) is 1.57. The second-order valence-electron chi connectivity index (χ2n) is 3.04. The van der Waals surface area contributed by atoms with Gasteiger partial charge in [0.15, 0.2) is 8.87 Å². The molecule has 0 aliphatic carbocycles. The number of ether oxygens (including phenoxy) is 1. The summed E-state index contributed by atoms with van der Waals surface area (Å²) in [6.07, 6.45) is 3.27. The molecule has 1 rings (SSSR count). The molecule has 0 saturated carbocycles. The molecule has 12 heavy (non-hydrogen) atoms. The van der Waals surface area contributed by atoms with Gasteiger partial charge in [0.25, 0.3) is 0 Å². The average molecular weight is 210 g/mol. The first-order chi connectivity index (χ1) is 5.58. The van der Waals surface area contributed by atoms with Crippen molar-refractivity contribution in [2.45, 2.75) is 12.8 Å². The van der Waals surface area contributed by atoms with Crippen LogP contribution in [0.25, 0.3) is 0 Å². The zero-order valence-electron chi connectivity index (χ0n) is 7.15. The van der Waals surface area contributed by atoms with E-state index < -0.39 is 8.87 Å². The van der Waals surface area contributed by atoms with Gasteiger partial charge in [-0.3, -0.25) is 0 Å². The lowest BCUT2D eigenvalue weighted by molar-refractivity contribution is 0.0728. The molecule has 0 atom stereocenters. The van der Waals surface area contributed by atoms with E-state index in [0.717, 1.165) is 42.6 Å². The number of hydrogen-bond donors (Lipinski definition) is 0. The van der Waals surface area contributed by atoms with Crippen molar-refractivity contribution in [1.82, 2.24) is 0 Å². The summed E-state index contributed by atoms with van der Waals surface area (Å²) in [6, 6.07) is 0. The van der Waals surface area contributed by atoms with Crippen LogP contribution in [-0.2, 0) is 13.6 Å². The van der Waals surface area contributed by atoms with E-state index in [2.05, 4.69) is 0 Å². The highest BCUT2D eigenvalue weighted by molar-refractivity contribution is 8.71. The van der Waals surface area contributed by atoms with Crippen LogP contribution in [0.5, 0.6) is 0 Å². The SMILES string of the molecule is CS(=O)(=O)SCC1CCOCC1. The largest absolute Gasteiger partial charge is 0.381 e. The first-order valence-electron chi connectivity index (χ1n) is 4.00. The Morgan fingerprint density at radius 3 is 2.50 bits per heavy atom. The van der Waals surface area contributed by atoms with Crippen LogP contribution in [0.15, 0.2) is 0 Å². The van der Waals surface area contributed by atoms with Crippen LogP contribution in [0.2, 0.25) is 0 Å². The third-order valence-electron chi connectivity index (χ3n) is 1.86. The van der Waals surface area contributed by atoms with Gasteiger partial charge in [-0.2, -0.15) is 0 Å². The van der Waals surface area contributed by atoms with Crippen LogP contribution in [0.3, 0.4) is 0 Å². The molecule has 0 unspecified atom stereocenters. The van der Waals surface area contributed by atoms with Crippen molar-refractivity contribution in [2.24, 2.45) is 5.92 Å². The predicted molar refractivity (Wildman–Crippen MR) is 50.8 cm³/mol. The monoisotopic (exact) mass is 210 g/mol. The Labute approximate surface area is 77.2 Å². The molecular weight excluding hydrogens is 196 g/mol. The fourth-order valence-electron chi connectivity index (χ4n) is 1.13. The quantitative estimate of drug-likeness (QED) is 0.654. The van der Waals surface area contributed by atoms with Crippen LogP contribution in [0.1, 0.15) is 12.8 Å². The lowest BCUT2D eigenvalue weighted by atomic mass is 10.0. The molecular formula is C7H14O3S2. The van der Waals surface area contributed by atoms with Crippen molar-refractivity contribution < 1.29 is 13.2 Å². The van der Waals surface area contributed by atoms with E-state index in [4.69, 9.17) is 4.74 Å². The maximum Gasteiger partial charge on any atom is 0.198 e. The molecule has 1 fully saturated rings. The highest BCUT2D eigenvalue weighted by Crippen LogP contribution is 2.22. The van der Waals surface area contributed by atoms with Gasteiger partial charge in [-0.25, -0.2) is 8.42 Å². The standard InChI is InChI=1S/C7H14O3S2/c1-12(8,9)11-6-7-2-4-10-5-3-7/h7H,2-6H2,1H3. The molecule has 1 heterocycles. The molecule has 1 aliphatic heterocycles. The van der Waals surface area contributed by atoms with Gasteiger partial charge < -0.3 is 4.74 Å². The molecule has 0 N–H and O–H groups in total. The van der Waals surface area contributed by atoms with Crippen molar-refractivity contribution >= 4 is 19.7 Å². The molecule has 1 aliphatic rings. The van der Waals surface area contributed by atoms with Gasteiger partial charge in [0, 0.05) is 25.2 Å². The number of rotatable bonds is 3. The molecule has 1 saturated heterocycles. The van der Waals surface area contributed by atoms with Crippen LogP contribution in [0.4, 0.5) is 0 Å². The van der Waals surface area contributed by atoms with E-state index in [1.807, 2.05) is 0 Å². The molecule has 3 nitrogen and oxygen atoms in total. The molecule has 0 aromatic rings. The zero-order valence-corrected chi connectivity index (χ0v) is 8.79. The minimum Gasteiger partial charge on any atom is -0.381 e. The molecule has 5 heteroatoms. The van der Waals surface area contributed by atoms with Gasteiger partial charge in [-0.15, -0.1) is 0 Å². The van der Waals surface area contributed by atoms with Crippen LogP contribution in [0, 0.1) is 5.92 Å². The summed E-state index contributed by atoms with van der Waals surface area (Å²) in [5.41, 5.74) is 0. The summed E-state index contributed by atoms with van der Waals surface area (Å²) in [5, 5.41) is 0. The van der Waals surface area contributed by atoms with E-state index in [-0.39, 0.29) is 0 Å². The molecule has 72 valence electrons. The fraction of sp³-hybridized carbons (Fsp3) is 1.00. The lowest BCUT2D eigenvalue weighted by Gasteiger charge is -2.20. The third kappa shape index (κ3) is 4.33. The Morgan fingerprint density at radius 1 is 1.42 bits per heavy atom. The number of hydrogen-bond acceptors (Lipinski definition) is 4. The maximum absolute atomic E-state index is 10.8. The molecule has 0 bridgehead atoms. The highest BCUT2D eigenvalue weighted by Gasteiger charge is 2.15. The Balaban J connectivity index is 2.22. The van der Waals surface area contributed by atoms with Gasteiger partial charge in [-0.1, -0.05) is 0 Å². The summed E-state index contributed by atoms with van der Waals surface area (Å²) in [5.74, 6) is 1.25. The molecule has 0 amide bonds. The minimum absolute atomic E-state index is 0.526. The van der Waals surface area contributed by atoms with E-state index in [1.165, 1.54) is 6.26 Å². The zero-order chi connectivity index (χ0) is 9.03. The minimum atomic E-state index is -2.85. The van der Waals surface area contributed by atoms with Gasteiger partial charge >= 0.3 is 0 Å². The van der Waals surface area contributed by atoms with Crippen LogP contribution >= 0.6 is 10.8 Å². The first-order valence-corrected chi connectivity index (χ1v) is 7.39. The summed E-state index contributed by atoms with van der Waals surface area (Å²) in [7, 11) is -1.79. The summed E-state index contributed by atoms with van der Waals surface area (Å²) < 4.78 is 26.8. The summed E-state index contributed by atoms with van der Waals surface area (Å²) >= 11 is 0. The first kappa shape index (κ1) is 10.3. The van der Waals surface area contributed by atoms with Gasteiger partial charge in [0.2, 0.25) is 0 Å². The average Bonchev–Trinajstić information content (AvgIpc) is 2.02. The van der Waals surface area contributed by atoms with Crippen molar-refractivity contribution in [3.05, 3.63) is 0 Å². The summed E-state index contributed by atoms with van der Waals surface area (Å²) in [4.78, 5) is 0. The Kier molecular flexibility index (Phi) is 3.86. The maximum atomic E-state index is 10.8. The third-order valence-corrected chi connectivity index (χ3v) is 4.59. The van der Waals surface area contributed by atoms with Crippen LogP contribution < -0.4 is 0 Å². The Hall–Kier alpha value is 0.260. The Morgan fingerprint density at radius 2 is 2.00 bits per heavy atom. The predicted octanol–water partition coefficient (Wildman–Crippen LogP) is 1.11. The topological polar surface area (TPSA) is 43.4 Å². The van der Waals surface area contributed by atoms with Crippen molar-refractivity contribution in [2.75, 3.05) is 25.2 Å². The fourth-order valence-corrected chi connectivity index (χ4v) is 3.22. The normalized spacial score (nSPS) is 21.1.